The molecule has 122 valence electrons. The largest absolute Gasteiger partial charge is 0.341 e. The van der Waals surface area contributed by atoms with Crippen LogP contribution in [0.2, 0.25) is 0 Å². The zero-order chi connectivity index (χ0) is 14.9. The van der Waals surface area contributed by atoms with Gasteiger partial charge in [-0.3, -0.25) is 9.47 Å². The van der Waals surface area contributed by atoms with Crippen LogP contribution >= 0.6 is 24.0 Å². The van der Waals surface area contributed by atoms with Crippen LogP contribution in [0.25, 0.3) is 0 Å². The molecule has 0 spiro atoms. The summed E-state index contributed by atoms with van der Waals surface area (Å²) < 4.78 is 5.36. The molecule has 4 rings (SSSR count). The molecule has 3 heterocycles. The molecular weight excluding hydrogens is 314 g/mol. The van der Waals surface area contributed by atoms with Crippen LogP contribution in [-0.4, -0.2) is 56.9 Å². The number of hydrogen-bond acceptors (Lipinski definition) is 5. The third-order valence-corrected chi connectivity index (χ3v) is 6.19. The predicted octanol–water partition coefficient (Wildman–Crippen LogP) is 2.75. The van der Waals surface area contributed by atoms with Gasteiger partial charge in [-0.15, -0.1) is 5.10 Å². The summed E-state index contributed by atoms with van der Waals surface area (Å²) in [7, 11) is 0. The standard InChI is InChI=1S/C15H25N5S2/c21-15-19(12-17-8-10-22-11-9-17)16-14(20(15)13-4-5-13)18-6-2-1-3-7-18/h13H,1-12H2. The Bertz CT molecular complexity index is 565. The van der Waals surface area contributed by atoms with Gasteiger partial charge >= 0.3 is 0 Å². The number of piperidine rings is 1. The van der Waals surface area contributed by atoms with Crippen molar-refractivity contribution in [2.75, 3.05) is 42.6 Å². The molecule has 1 aromatic heterocycles. The number of hydrogen-bond donors (Lipinski definition) is 0. The molecule has 0 bridgehead atoms. The first kappa shape index (κ1) is 15.0. The summed E-state index contributed by atoms with van der Waals surface area (Å²) in [5.41, 5.74) is 0. The quantitative estimate of drug-likeness (QED) is 0.787. The van der Waals surface area contributed by atoms with E-state index in [-0.39, 0.29) is 0 Å². The van der Waals surface area contributed by atoms with Gasteiger partial charge < -0.3 is 4.90 Å². The van der Waals surface area contributed by atoms with Crippen molar-refractivity contribution in [1.29, 1.82) is 0 Å². The SMILES string of the molecule is S=c1n(CN2CCSCC2)nc(N2CCCCC2)n1C1CC1. The molecule has 0 aromatic carbocycles. The molecule has 22 heavy (non-hydrogen) atoms. The minimum Gasteiger partial charge on any atom is -0.341 e. The Labute approximate surface area is 141 Å². The van der Waals surface area contributed by atoms with Gasteiger partial charge in [-0.1, -0.05) is 0 Å². The molecule has 0 amide bonds. The minimum absolute atomic E-state index is 0.607. The highest BCUT2D eigenvalue weighted by Gasteiger charge is 2.31. The van der Waals surface area contributed by atoms with Crippen molar-refractivity contribution >= 4 is 29.9 Å². The number of rotatable bonds is 4. The van der Waals surface area contributed by atoms with Gasteiger partial charge in [0.25, 0.3) is 0 Å². The van der Waals surface area contributed by atoms with E-state index < -0.39 is 0 Å². The molecule has 0 N–H and O–H groups in total. The van der Waals surface area contributed by atoms with Gasteiger partial charge in [-0.2, -0.15) is 11.8 Å². The van der Waals surface area contributed by atoms with Crippen molar-refractivity contribution in [1.82, 2.24) is 19.2 Å². The summed E-state index contributed by atoms with van der Waals surface area (Å²) in [5, 5.41) is 4.94. The number of anilines is 1. The predicted molar refractivity (Wildman–Crippen MR) is 94.3 cm³/mol. The Morgan fingerprint density at radius 2 is 1.77 bits per heavy atom. The van der Waals surface area contributed by atoms with Gasteiger partial charge in [0.1, 0.15) is 0 Å². The summed E-state index contributed by atoms with van der Waals surface area (Å²) in [5.74, 6) is 3.60. The Morgan fingerprint density at radius 1 is 1.05 bits per heavy atom. The fourth-order valence-corrected chi connectivity index (χ4v) is 4.70. The van der Waals surface area contributed by atoms with Gasteiger partial charge in [0.05, 0.1) is 6.67 Å². The number of aromatic nitrogens is 3. The highest BCUT2D eigenvalue weighted by molar-refractivity contribution is 7.99. The van der Waals surface area contributed by atoms with Crippen LogP contribution < -0.4 is 4.90 Å². The van der Waals surface area contributed by atoms with Gasteiger partial charge in [-0.05, 0) is 44.3 Å². The Balaban J connectivity index is 1.59. The lowest BCUT2D eigenvalue weighted by Gasteiger charge is -2.27. The first-order valence-corrected chi connectivity index (χ1v) is 10.1. The van der Waals surface area contributed by atoms with Gasteiger partial charge in [0.15, 0.2) is 0 Å². The van der Waals surface area contributed by atoms with Crippen LogP contribution in [0.1, 0.15) is 38.1 Å². The third-order valence-electron chi connectivity index (χ3n) is 4.84. The zero-order valence-electron chi connectivity index (χ0n) is 13.1. The molecule has 2 saturated heterocycles. The van der Waals surface area contributed by atoms with Crippen LogP contribution in [-0.2, 0) is 6.67 Å². The smallest absolute Gasteiger partial charge is 0.226 e. The summed E-state index contributed by atoms with van der Waals surface area (Å²) in [6.45, 7) is 5.45. The highest BCUT2D eigenvalue weighted by Crippen LogP contribution is 2.38. The highest BCUT2D eigenvalue weighted by atomic mass is 32.2. The molecule has 1 saturated carbocycles. The van der Waals surface area contributed by atoms with Crippen molar-refractivity contribution in [3.8, 4) is 0 Å². The first-order valence-electron chi connectivity index (χ1n) is 8.57. The average molecular weight is 340 g/mol. The fraction of sp³-hybridized carbons (Fsp3) is 0.867. The van der Waals surface area contributed by atoms with E-state index in [1.54, 1.807) is 0 Å². The van der Waals surface area contributed by atoms with E-state index in [0.29, 0.717) is 6.04 Å². The van der Waals surface area contributed by atoms with Crippen LogP contribution in [0.15, 0.2) is 0 Å². The van der Waals surface area contributed by atoms with Gasteiger partial charge in [0.2, 0.25) is 10.7 Å². The molecule has 0 unspecified atom stereocenters. The van der Waals surface area contributed by atoms with Crippen molar-refractivity contribution in [2.24, 2.45) is 0 Å². The molecule has 7 heteroatoms. The second-order valence-corrected chi connectivity index (χ2v) is 8.19. The van der Waals surface area contributed by atoms with Crippen LogP contribution in [0, 0.1) is 4.77 Å². The lowest BCUT2D eigenvalue weighted by atomic mass is 10.1. The Hall–Kier alpha value is -0.530. The Kier molecular flexibility index (Phi) is 4.46. The molecular formula is C15H25N5S2. The molecule has 1 aliphatic carbocycles. The average Bonchev–Trinajstić information content (AvgIpc) is 3.35. The van der Waals surface area contributed by atoms with E-state index >= 15 is 0 Å². The van der Waals surface area contributed by atoms with Crippen molar-refractivity contribution in [3.63, 3.8) is 0 Å². The third kappa shape index (κ3) is 3.08. The van der Waals surface area contributed by atoms with Crippen LogP contribution in [0.4, 0.5) is 5.95 Å². The molecule has 3 fully saturated rings. The van der Waals surface area contributed by atoms with E-state index in [1.165, 1.54) is 43.6 Å². The summed E-state index contributed by atoms with van der Waals surface area (Å²) in [6.07, 6.45) is 6.45. The van der Waals surface area contributed by atoms with E-state index in [2.05, 4.69) is 19.0 Å². The monoisotopic (exact) mass is 339 g/mol. The zero-order valence-corrected chi connectivity index (χ0v) is 14.7. The summed E-state index contributed by atoms with van der Waals surface area (Å²) in [4.78, 5) is 4.94. The molecule has 0 radical (unpaired) electrons. The normalized spacial score (nSPS) is 23.9. The van der Waals surface area contributed by atoms with Gasteiger partial charge in [-0.25, -0.2) is 4.68 Å². The van der Waals surface area contributed by atoms with Crippen LogP contribution in [0.3, 0.4) is 0 Å². The maximum Gasteiger partial charge on any atom is 0.226 e. The molecule has 3 aliphatic rings. The molecule has 0 atom stereocenters. The maximum atomic E-state index is 5.77. The van der Waals surface area contributed by atoms with E-state index in [0.717, 1.165) is 43.6 Å². The molecule has 2 aliphatic heterocycles. The first-order chi connectivity index (χ1) is 10.8. The lowest BCUT2D eigenvalue weighted by Crippen LogP contribution is -2.35. The summed E-state index contributed by atoms with van der Waals surface area (Å²) >= 11 is 7.82. The Morgan fingerprint density at radius 3 is 2.45 bits per heavy atom. The minimum atomic E-state index is 0.607. The van der Waals surface area contributed by atoms with Gasteiger partial charge in [0, 0.05) is 43.7 Å². The van der Waals surface area contributed by atoms with Crippen molar-refractivity contribution in [2.45, 2.75) is 44.8 Å². The second-order valence-electron chi connectivity index (χ2n) is 6.60. The molecule has 1 aromatic rings. The maximum absolute atomic E-state index is 5.77. The number of nitrogens with zero attached hydrogens (tertiary/aromatic N) is 5. The van der Waals surface area contributed by atoms with Crippen LogP contribution in [0.5, 0.6) is 0 Å². The second kappa shape index (κ2) is 6.53. The number of thioether (sulfide) groups is 1. The summed E-state index contributed by atoms with van der Waals surface area (Å²) in [6, 6.07) is 0.607. The van der Waals surface area contributed by atoms with E-state index in [4.69, 9.17) is 17.3 Å². The van der Waals surface area contributed by atoms with Crippen molar-refractivity contribution < 1.29 is 0 Å². The van der Waals surface area contributed by atoms with Crippen molar-refractivity contribution in [3.05, 3.63) is 4.77 Å². The van der Waals surface area contributed by atoms with E-state index in [1.807, 2.05) is 11.8 Å². The van der Waals surface area contributed by atoms with E-state index in [9.17, 15) is 0 Å². The topological polar surface area (TPSA) is 29.2 Å². The fourth-order valence-electron chi connectivity index (χ4n) is 3.39. The molecule has 5 nitrogen and oxygen atoms in total. The lowest BCUT2D eigenvalue weighted by molar-refractivity contribution is 0.226.